The second-order valence-corrected chi connectivity index (χ2v) is 6.05. The summed E-state index contributed by atoms with van der Waals surface area (Å²) >= 11 is 0. The van der Waals surface area contributed by atoms with E-state index in [0.29, 0.717) is 18.8 Å². The van der Waals surface area contributed by atoms with Crippen LogP contribution in [0, 0.1) is 0 Å². The van der Waals surface area contributed by atoms with E-state index in [1.165, 1.54) is 0 Å². The van der Waals surface area contributed by atoms with Crippen molar-refractivity contribution in [3.05, 3.63) is 18.2 Å². The van der Waals surface area contributed by atoms with E-state index in [9.17, 15) is 4.79 Å². The second-order valence-electron chi connectivity index (χ2n) is 6.05. The van der Waals surface area contributed by atoms with E-state index < -0.39 is 5.54 Å². The van der Waals surface area contributed by atoms with Crippen LogP contribution in [-0.2, 0) is 4.79 Å². The van der Waals surface area contributed by atoms with E-state index in [1.54, 1.807) is 4.90 Å². The van der Waals surface area contributed by atoms with Gasteiger partial charge in [-0.2, -0.15) is 0 Å². The van der Waals surface area contributed by atoms with E-state index in [1.807, 2.05) is 39.1 Å². The average Bonchev–Trinajstić information content (AvgIpc) is 2.42. The molecular weight excluding hydrogens is 266 g/mol. The maximum absolute atomic E-state index is 12.4. The van der Waals surface area contributed by atoms with Gasteiger partial charge in [0.15, 0.2) is 0 Å². The fourth-order valence-electron chi connectivity index (χ4n) is 2.73. The minimum atomic E-state index is -0.581. The molecule has 1 aromatic rings. The van der Waals surface area contributed by atoms with Crippen molar-refractivity contribution in [2.24, 2.45) is 0 Å². The van der Waals surface area contributed by atoms with Gasteiger partial charge in [-0.15, -0.1) is 0 Å². The fraction of sp³-hybridized carbons (Fsp3) is 0.562. The van der Waals surface area contributed by atoms with E-state index >= 15 is 0 Å². The number of rotatable bonds is 4. The molecule has 0 saturated carbocycles. The molecule has 5 heteroatoms. The lowest BCUT2D eigenvalue weighted by atomic mass is 9.96. The number of carbonyl (C=O) groups is 1. The highest BCUT2D eigenvalue weighted by Crippen LogP contribution is 2.32. The molecule has 1 amide bonds. The van der Waals surface area contributed by atoms with Gasteiger partial charge in [-0.3, -0.25) is 4.79 Å². The third-order valence-corrected chi connectivity index (χ3v) is 3.90. The Labute approximate surface area is 126 Å². The third-order valence-electron chi connectivity index (χ3n) is 3.90. The van der Waals surface area contributed by atoms with Gasteiger partial charge in [0, 0.05) is 43.6 Å². The summed E-state index contributed by atoms with van der Waals surface area (Å²) in [6.07, 6.45) is 0.947. The van der Waals surface area contributed by atoms with Crippen LogP contribution in [0.15, 0.2) is 18.2 Å². The minimum absolute atomic E-state index is 0.118. The standard InChI is InChI=1S/C16H25N3O2/c1-5-8-21-14-10-12(17)9-13(11-14)19-7-6-18(4)15(20)16(19,2)3/h9-11H,5-8,17H2,1-4H3. The molecular formula is C16H25N3O2. The molecule has 1 aliphatic rings. The number of nitrogen functional groups attached to an aromatic ring is 1. The van der Waals surface area contributed by atoms with Crippen LogP contribution in [0.3, 0.4) is 0 Å². The Kier molecular flexibility index (Phi) is 4.30. The van der Waals surface area contributed by atoms with Gasteiger partial charge in [-0.05, 0) is 26.3 Å². The number of nitrogens with zero attached hydrogens (tertiary/aromatic N) is 2. The average molecular weight is 291 g/mol. The summed E-state index contributed by atoms with van der Waals surface area (Å²) in [6, 6.07) is 5.69. The predicted octanol–water partition coefficient (Wildman–Crippen LogP) is 2.11. The van der Waals surface area contributed by atoms with Crippen molar-refractivity contribution in [2.75, 3.05) is 37.4 Å². The van der Waals surface area contributed by atoms with Crippen molar-refractivity contribution in [2.45, 2.75) is 32.7 Å². The molecule has 0 bridgehead atoms. The molecule has 1 saturated heterocycles. The van der Waals surface area contributed by atoms with E-state index in [0.717, 1.165) is 24.4 Å². The van der Waals surface area contributed by atoms with Crippen LogP contribution in [0.5, 0.6) is 5.75 Å². The largest absolute Gasteiger partial charge is 0.493 e. The highest BCUT2D eigenvalue weighted by Gasteiger charge is 2.40. The van der Waals surface area contributed by atoms with Crippen LogP contribution in [0.1, 0.15) is 27.2 Å². The first kappa shape index (κ1) is 15.5. The zero-order chi connectivity index (χ0) is 15.6. The number of ether oxygens (including phenoxy) is 1. The molecule has 5 nitrogen and oxygen atoms in total. The molecule has 0 spiro atoms. The van der Waals surface area contributed by atoms with Crippen molar-refractivity contribution in [1.29, 1.82) is 0 Å². The maximum Gasteiger partial charge on any atom is 0.247 e. The lowest BCUT2D eigenvalue weighted by molar-refractivity contribution is -0.136. The van der Waals surface area contributed by atoms with Gasteiger partial charge in [0.25, 0.3) is 0 Å². The number of benzene rings is 1. The molecule has 0 unspecified atom stereocenters. The maximum atomic E-state index is 12.4. The van der Waals surface area contributed by atoms with Crippen LogP contribution >= 0.6 is 0 Å². The van der Waals surface area contributed by atoms with Crippen LogP contribution in [0.2, 0.25) is 0 Å². The number of likely N-dealkylation sites (N-methyl/N-ethyl adjacent to an activating group) is 1. The van der Waals surface area contributed by atoms with Crippen molar-refractivity contribution in [3.63, 3.8) is 0 Å². The zero-order valence-corrected chi connectivity index (χ0v) is 13.3. The molecule has 21 heavy (non-hydrogen) atoms. The van der Waals surface area contributed by atoms with Crippen molar-refractivity contribution >= 4 is 17.3 Å². The van der Waals surface area contributed by atoms with Crippen molar-refractivity contribution in [1.82, 2.24) is 4.90 Å². The molecule has 0 atom stereocenters. The first-order chi connectivity index (χ1) is 9.86. The molecule has 2 rings (SSSR count). The molecule has 116 valence electrons. The molecule has 1 aromatic carbocycles. The van der Waals surface area contributed by atoms with E-state index in [-0.39, 0.29) is 5.91 Å². The first-order valence-corrected chi connectivity index (χ1v) is 7.43. The van der Waals surface area contributed by atoms with E-state index in [2.05, 4.69) is 11.8 Å². The monoisotopic (exact) mass is 291 g/mol. The quantitative estimate of drug-likeness (QED) is 0.863. The Balaban J connectivity index is 2.32. The molecule has 0 radical (unpaired) electrons. The number of piperazine rings is 1. The molecule has 2 N–H and O–H groups in total. The molecule has 0 aliphatic carbocycles. The van der Waals surface area contributed by atoms with Crippen LogP contribution < -0.4 is 15.4 Å². The summed E-state index contributed by atoms with van der Waals surface area (Å²) in [7, 11) is 1.84. The summed E-state index contributed by atoms with van der Waals surface area (Å²) in [5.74, 6) is 0.876. The number of anilines is 2. The summed E-state index contributed by atoms with van der Waals surface area (Å²) in [5.41, 5.74) is 7.00. The fourth-order valence-corrected chi connectivity index (χ4v) is 2.73. The van der Waals surface area contributed by atoms with Crippen LogP contribution in [0.4, 0.5) is 11.4 Å². The first-order valence-electron chi connectivity index (χ1n) is 7.43. The SMILES string of the molecule is CCCOc1cc(N)cc(N2CCN(C)C(=O)C2(C)C)c1. The molecule has 0 aromatic heterocycles. The van der Waals surface area contributed by atoms with Crippen molar-refractivity contribution in [3.8, 4) is 5.75 Å². The van der Waals surface area contributed by atoms with E-state index in [4.69, 9.17) is 10.5 Å². The molecule has 1 heterocycles. The number of amides is 1. The Morgan fingerprint density at radius 2 is 2.00 bits per heavy atom. The number of nitrogens with two attached hydrogens (primary N) is 1. The third kappa shape index (κ3) is 3.06. The van der Waals surface area contributed by atoms with Gasteiger partial charge >= 0.3 is 0 Å². The Morgan fingerprint density at radius 3 is 2.67 bits per heavy atom. The predicted molar refractivity (Wildman–Crippen MR) is 85.7 cm³/mol. The van der Waals surface area contributed by atoms with Gasteiger partial charge in [0.05, 0.1) is 6.61 Å². The lowest BCUT2D eigenvalue weighted by Gasteiger charge is -2.46. The summed E-state index contributed by atoms with van der Waals surface area (Å²) in [6.45, 7) is 8.11. The number of carbonyl (C=O) groups excluding carboxylic acids is 1. The van der Waals surface area contributed by atoms with Crippen molar-refractivity contribution < 1.29 is 9.53 Å². The summed E-state index contributed by atoms with van der Waals surface area (Å²) < 4.78 is 5.68. The molecule has 1 fully saturated rings. The van der Waals surface area contributed by atoms with Crippen LogP contribution in [-0.4, -0.2) is 43.1 Å². The number of hydrogen-bond donors (Lipinski definition) is 1. The summed E-state index contributed by atoms with van der Waals surface area (Å²) in [4.78, 5) is 16.3. The Bertz CT molecular complexity index is 528. The smallest absolute Gasteiger partial charge is 0.247 e. The minimum Gasteiger partial charge on any atom is -0.493 e. The van der Waals surface area contributed by atoms with Crippen LogP contribution in [0.25, 0.3) is 0 Å². The molecule has 1 aliphatic heterocycles. The Morgan fingerprint density at radius 1 is 1.29 bits per heavy atom. The Hall–Kier alpha value is -1.91. The normalized spacial score (nSPS) is 18.0. The zero-order valence-electron chi connectivity index (χ0n) is 13.3. The second kappa shape index (κ2) is 5.84. The van der Waals surface area contributed by atoms with Gasteiger partial charge in [-0.25, -0.2) is 0 Å². The van der Waals surface area contributed by atoms with Gasteiger partial charge < -0.3 is 20.3 Å². The van der Waals surface area contributed by atoms with Gasteiger partial charge in [0.1, 0.15) is 11.3 Å². The van der Waals surface area contributed by atoms with Gasteiger partial charge in [-0.1, -0.05) is 6.92 Å². The lowest BCUT2D eigenvalue weighted by Crippen LogP contribution is -2.62. The highest BCUT2D eigenvalue weighted by atomic mass is 16.5. The number of hydrogen-bond acceptors (Lipinski definition) is 4. The summed E-state index contributed by atoms with van der Waals surface area (Å²) in [5, 5.41) is 0. The topological polar surface area (TPSA) is 58.8 Å². The highest BCUT2D eigenvalue weighted by molar-refractivity contribution is 5.90. The van der Waals surface area contributed by atoms with Gasteiger partial charge in [0.2, 0.25) is 5.91 Å².